The Bertz CT molecular complexity index is 879. The summed E-state index contributed by atoms with van der Waals surface area (Å²) in [5.74, 6) is -0.309. The van der Waals surface area contributed by atoms with Crippen molar-refractivity contribution in [1.29, 1.82) is 0 Å². The average molecular weight is 390 g/mol. The monoisotopic (exact) mass is 389 g/mol. The highest BCUT2D eigenvalue weighted by Crippen LogP contribution is 2.31. The van der Waals surface area contributed by atoms with Crippen molar-refractivity contribution in [1.82, 2.24) is 25.0 Å². The van der Waals surface area contributed by atoms with Gasteiger partial charge in [-0.2, -0.15) is 13.2 Å². The second-order valence-corrected chi connectivity index (χ2v) is 6.23. The minimum absolute atomic E-state index is 0.0990. The number of aromatic nitrogens is 5. The molecule has 0 amide bonds. The molecule has 0 aliphatic heterocycles. The van der Waals surface area contributed by atoms with Gasteiger partial charge in [-0.25, -0.2) is 0 Å². The summed E-state index contributed by atoms with van der Waals surface area (Å²) >= 11 is 6.95. The average Bonchev–Trinajstić information content (AvgIpc) is 3.19. The third-order valence-corrected chi connectivity index (χ3v) is 4.34. The highest BCUT2D eigenvalue weighted by Gasteiger charge is 2.38. The maximum Gasteiger partial charge on any atom is 0.451 e. The van der Waals surface area contributed by atoms with Crippen molar-refractivity contribution in [2.45, 2.75) is 30.6 Å². The molecule has 0 aliphatic carbocycles. The normalized spacial score (nSPS) is 11.9. The van der Waals surface area contributed by atoms with Crippen molar-refractivity contribution in [2.75, 3.05) is 0 Å². The summed E-state index contributed by atoms with van der Waals surface area (Å²) in [4.78, 5) is 0. The molecule has 2 heterocycles. The number of nitrogens with zero attached hydrogens (tertiary/aromatic N) is 5. The Morgan fingerprint density at radius 2 is 2.00 bits per heavy atom. The van der Waals surface area contributed by atoms with Crippen LogP contribution in [0.5, 0.6) is 0 Å². The molecule has 0 radical (unpaired) electrons. The van der Waals surface area contributed by atoms with Crippen molar-refractivity contribution < 1.29 is 17.6 Å². The molecule has 1 aromatic carbocycles. The van der Waals surface area contributed by atoms with Gasteiger partial charge in [0.05, 0.1) is 5.75 Å². The van der Waals surface area contributed by atoms with E-state index >= 15 is 0 Å². The number of halogens is 4. The van der Waals surface area contributed by atoms with Crippen LogP contribution in [-0.4, -0.2) is 25.0 Å². The van der Waals surface area contributed by atoms with Crippen LogP contribution >= 0.6 is 23.4 Å². The molecule has 0 bridgehead atoms. The van der Waals surface area contributed by atoms with E-state index in [0.29, 0.717) is 10.6 Å². The van der Waals surface area contributed by atoms with Crippen molar-refractivity contribution in [3.8, 4) is 11.5 Å². The first-order valence-corrected chi connectivity index (χ1v) is 8.46. The first kappa shape index (κ1) is 17.7. The Kier molecular flexibility index (Phi) is 5.00. The van der Waals surface area contributed by atoms with Gasteiger partial charge >= 0.3 is 6.18 Å². The molecule has 0 unspecified atom stereocenters. The van der Waals surface area contributed by atoms with Crippen LogP contribution < -0.4 is 0 Å². The fourth-order valence-electron chi connectivity index (χ4n) is 2.07. The van der Waals surface area contributed by atoms with Crippen LogP contribution in [0.4, 0.5) is 13.2 Å². The van der Waals surface area contributed by atoms with Gasteiger partial charge in [-0.05, 0) is 25.1 Å². The summed E-state index contributed by atoms with van der Waals surface area (Å²) in [6.45, 7) is 1.69. The van der Waals surface area contributed by atoms with E-state index in [1.54, 1.807) is 31.2 Å². The fourth-order valence-corrected chi connectivity index (χ4v) is 3.10. The largest absolute Gasteiger partial charge is 0.451 e. The number of rotatable bonds is 5. The third kappa shape index (κ3) is 3.96. The van der Waals surface area contributed by atoms with Crippen LogP contribution in [0, 0.1) is 0 Å². The predicted molar refractivity (Wildman–Crippen MR) is 85.0 cm³/mol. The van der Waals surface area contributed by atoms with E-state index in [9.17, 15) is 13.2 Å². The molecule has 3 aromatic rings. The standard InChI is InChI=1S/C14H11ClF3N5OS/c1-2-23-12(14(16,17)18)21-22-13(23)25-7-10-19-20-11(24-10)8-4-3-5-9(15)6-8/h3-6H,2,7H2,1H3. The second kappa shape index (κ2) is 7.04. The molecule has 3 rings (SSSR count). The van der Waals surface area contributed by atoms with Crippen LogP contribution in [-0.2, 0) is 18.5 Å². The van der Waals surface area contributed by atoms with Crippen molar-refractivity contribution in [2.24, 2.45) is 0 Å². The van der Waals surface area contributed by atoms with Gasteiger partial charge < -0.3 is 4.42 Å². The molecule has 132 valence electrons. The number of benzene rings is 1. The summed E-state index contributed by atoms with van der Waals surface area (Å²) in [5, 5.41) is 15.3. The van der Waals surface area contributed by atoms with Crippen molar-refractivity contribution in [3.63, 3.8) is 0 Å². The molecule has 0 atom stereocenters. The third-order valence-electron chi connectivity index (χ3n) is 3.15. The summed E-state index contributed by atoms with van der Waals surface area (Å²) < 4.78 is 45.1. The van der Waals surface area contributed by atoms with Crippen LogP contribution in [0.2, 0.25) is 5.02 Å². The maximum absolute atomic E-state index is 12.9. The number of hydrogen-bond donors (Lipinski definition) is 0. The molecule has 2 aromatic heterocycles. The first-order chi connectivity index (χ1) is 11.9. The number of alkyl halides is 3. The Balaban J connectivity index is 1.74. The Hall–Kier alpha value is -2.07. The molecule has 0 fully saturated rings. The Morgan fingerprint density at radius 3 is 2.68 bits per heavy atom. The van der Waals surface area contributed by atoms with Gasteiger partial charge in [0.1, 0.15) is 0 Å². The SMILES string of the molecule is CCn1c(SCc2nnc(-c3cccc(Cl)c3)o2)nnc1C(F)(F)F. The summed E-state index contributed by atoms with van der Waals surface area (Å²) in [7, 11) is 0. The van der Waals surface area contributed by atoms with Gasteiger partial charge in [0.2, 0.25) is 17.6 Å². The lowest BCUT2D eigenvalue weighted by molar-refractivity contribution is -0.147. The van der Waals surface area contributed by atoms with E-state index < -0.39 is 12.0 Å². The summed E-state index contributed by atoms with van der Waals surface area (Å²) in [5.41, 5.74) is 0.660. The summed E-state index contributed by atoms with van der Waals surface area (Å²) in [6, 6.07) is 6.90. The zero-order chi connectivity index (χ0) is 18.0. The van der Waals surface area contributed by atoms with E-state index in [1.165, 1.54) is 0 Å². The Labute approximate surface area is 149 Å². The topological polar surface area (TPSA) is 69.6 Å². The maximum atomic E-state index is 12.9. The van der Waals surface area contributed by atoms with Gasteiger partial charge in [-0.3, -0.25) is 4.57 Å². The molecule has 6 nitrogen and oxygen atoms in total. The Morgan fingerprint density at radius 1 is 1.20 bits per heavy atom. The van der Waals surface area contributed by atoms with Gasteiger partial charge in [0.15, 0.2) is 5.16 Å². The van der Waals surface area contributed by atoms with Gasteiger partial charge in [0.25, 0.3) is 0 Å². The van der Waals surface area contributed by atoms with E-state index in [1.807, 2.05) is 0 Å². The molecule has 11 heteroatoms. The van der Waals surface area contributed by atoms with E-state index in [-0.39, 0.29) is 29.2 Å². The second-order valence-electron chi connectivity index (χ2n) is 4.85. The van der Waals surface area contributed by atoms with Crippen LogP contribution in [0.3, 0.4) is 0 Å². The van der Waals surface area contributed by atoms with Crippen LogP contribution in [0.25, 0.3) is 11.5 Å². The zero-order valence-electron chi connectivity index (χ0n) is 12.8. The molecule has 0 saturated carbocycles. The number of hydrogen-bond acceptors (Lipinski definition) is 6. The van der Waals surface area contributed by atoms with Crippen LogP contribution in [0.1, 0.15) is 18.6 Å². The number of thioether (sulfide) groups is 1. The lowest BCUT2D eigenvalue weighted by atomic mass is 10.2. The lowest BCUT2D eigenvalue weighted by Gasteiger charge is -2.08. The lowest BCUT2D eigenvalue weighted by Crippen LogP contribution is -2.14. The first-order valence-electron chi connectivity index (χ1n) is 7.10. The highest BCUT2D eigenvalue weighted by atomic mass is 35.5. The minimum Gasteiger partial charge on any atom is -0.420 e. The van der Waals surface area contributed by atoms with Crippen LogP contribution in [0.15, 0.2) is 33.8 Å². The summed E-state index contributed by atoms with van der Waals surface area (Å²) in [6.07, 6.45) is -4.55. The van der Waals surface area contributed by atoms with Crippen molar-refractivity contribution in [3.05, 3.63) is 41.0 Å². The van der Waals surface area contributed by atoms with Gasteiger partial charge in [-0.15, -0.1) is 20.4 Å². The molecule has 0 spiro atoms. The highest BCUT2D eigenvalue weighted by molar-refractivity contribution is 7.98. The fraction of sp³-hybridized carbons (Fsp3) is 0.286. The molecule has 0 aliphatic rings. The molecule has 25 heavy (non-hydrogen) atoms. The van der Waals surface area contributed by atoms with Gasteiger partial charge in [0, 0.05) is 17.1 Å². The molecular weight excluding hydrogens is 379 g/mol. The zero-order valence-corrected chi connectivity index (χ0v) is 14.4. The van der Waals surface area contributed by atoms with Gasteiger partial charge in [-0.1, -0.05) is 29.4 Å². The smallest absolute Gasteiger partial charge is 0.420 e. The predicted octanol–water partition coefficient (Wildman–Crippen LogP) is 4.31. The van der Waals surface area contributed by atoms with E-state index in [4.69, 9.17) is 16.0 Å². The van der Waals surface area contributed by atoms with E-state index in [0.717, 1.165) is 16.3 Å². The quantitative estimate of drug-likeness (QED) is 0.605. The molecule has 0 N–H and O–H groups in total. The molecular formula is C14H11ClF3N5OS. The van der Waals surface area contributed by atoms with E-state index in [2.05, 4.69) is 20.4 Å². The minimum atomic E-state index is -4.55. The van der Waals surface area contributed by atoms with Crippen molar-refractivity contribution >= 4 is 23.4 Å². The molecule has 0 saturated heterocycles.